The number of ether oxygens (including phenoxy) is 1. The van der Waals surface area contributed by atoms with Gasteiger partial charge >= 0.3 is 0 Å². The van der Waals surface area contributed by atoms with E-state index in [1.807, 2.05) is 12.1 Å². The topological polar surface area (TPSA) is 60.4 Å². The number of carbonyl (C=O) groups excluding carboxylic acids is 1. The molecule has 5 heteroatoms. The van der Waals surface area contributed by atoms with Crippen molar-refractivity contribution in [1.82, 2.24) is 0 Å². The highest BCUT2D eigenvalue weighted by molar-refractivity contribution is 7.92. The van der Waals surface area contributed by atoms with Crippen molar-refractivity contribution in [2.45, 2.75) is 37.5 Å². The number of Topliss-reactive ketones (excluding diaryl/α,β-unsaturated/α-hetero) is 1. The molecule has 1 aromatic rings. The summed E-state index contributed by atoms with van der Waals surface area (Å²) >= 11 is 0. The van der Waals surface area contributed by atoms with Gasteiger partial charge in [-0.3, -0.25) is 4.79 Å². The number of rotatable bonds is 4. The van der Waals surface area contributed by atoms with Crippen LogP contribution in [0.1, 0.15) is 32.8 Å². The Balaban J connectivity index is 2.14. The summed E-state index contributed by atoms with van der Waals surface area (Å²) in [7, 11) is -3.56. The molecule has 1 atom stereocenters. The van der Waals surface area contributed by atoms with Crippen LogP contribution < -0.4 is 0 Å². The molecule has 0 saturated carbocycles. The highest BCUT2D eigenvalue weighted by atomic mass is 32.2. The van der Waals surface area contributed by atoms with Gasteiger partial charge in [-0.1, -0.05) is 32.9 Å². The molecule has 0 spiro atoms. The first-order chi connectivity index (χ1) is 9.70. The number of ketones is 1. The molecule has 0 aromatic heterocycles. The Morgan fingerprint density at radius 1 is 1.24 bits per heavy atom. The minimum absolute atomic E-state index is 0.0285. The molecule has 0 amide bonds. The van der Waals surface area contributed by atoms with Gasteiger partial charge in [-0.25, -0.2) is 8.42 Å². The van der Waals surface area contributed by atoms with Crippen molar-refractivity contribution in [3.8, 4) is 0 Å². The molecule has 0 aliphatic carbocycles. The average Bonchev–Trinajstić information content (AvgIpc) is 2.91. The van der Waals surface area contributed by atoms with Crippen molar-refractivity contribution in [2.24, 2.45) is 5.92 Å². The van der Waals surface area contributed by atoms with Crippen molar-refractivity contribution in [1.29, 1.82) is 0 Å². The lowest BCUT2D eigenvalue weighted by Gasteiger charge is -2.19. The number of carbonyl (C=O) groups is 1. The lowest BCUT2D eigenvalue weighted by atomic mass is 9.87. The quantitative estimate of drug-likeness (QED) is 0.856. The zero-order valence-corrected chi connectivity index (χ0v) is 13.6. The fourth-order valence-electron chi connectivity index (χ4n) is 2.34. The summed E-state index contributed by atoms with van der Waals surface area (Å²) in [6, 6.07) is 6.81. The van der Waals surface area contributed by atoms with E-state index in [1.54, 1.807) is 12.1 Å². The van der Waals surface area contributed by atoms with Gasteiger partial charge in [0, 0.05) is 12.5 Å². The smallest absolute Gasteiger partial charge is 0.185 e. The van der Waals surface area contributed by atoms with Crippen LogP contribution in [0.15, 0.2) is 29.2 Å². The molecule has 116 valence electrons. The van der Waals surface area contributed by atoms with E-state index in [9.17, 15) is 13.2 Å². The molecule has 0 radical (unpaired) electrons. The first-order valence-electron chi connectivity index (χ1n) is 7.14. The van der Waals surface area contributed by atoms with Gasteiger partial charge < -0.3 is 4.74 Å². The summed E-state index contributed by atoms with van der Waals surface area (Å²) < 4.78 is 29.7. The summed E-state index contributed by atoms with van der Waals surface area (Å²) in [6.07, 6.45) is 0.622. The Labute approximate surface area is 126 Å². The lowest BCUT2D eigenvalue weighted by molar-refractivity contribution is -0.120. The minimum Gasteiger partial charge on any atom is -0.381 e. The molecule has 1 aliphatic rings. The zero-order chi connectivity index (χ0) is 15.7. The second-order valence-electron chi connectivity index (χ2n) is 6.56. The van der Waals surface area contributed by atoms with Gasteiger partial charge in [-0.2, -0.15) is 0 Å². The van der Waals surface area contributed by atoms with E-state index in [1.165, 1.54) is 0 Å². The first-order valence-corrected chi connectivity index (χ1v) is 8.79. The van der Waals surface area contributed by atoms with Crippen LogP contribution in [0.4, 0.5) is 0 Å². The maximum atomic E-state index is 12.3. The van der Waals surface area contributed by atoms with Crippen molar-refractivity contribution in [2.75, 3.05) is 19.0 Å². The second-order valence-corrected chi connectivity index (χ2v) is 8.55. The Hall–Kier alpha value is -1.20. The van der Waals surface area contributed by atoms with E-state index >= 15 is 0 Å². The zero-order valence-electron chi connectivity index (χ0n) is 12.8. The largest absolute Gasteiger partial charge is 0.381 e. The van der Waals surface area contributed by atoms with Gasteiger partial charge in [-0.15, -0.1) is 0 Å². The molecular formula is C16H22O4S. The normalized spacial score (nSPS) is 19.7. The summed E-state index contributed by atoms with van der Waals surface area (Å²) in [6.45, 7) is 7.09. The molecule has 1 aliphatic heterocycles. The fourth-order valence-corrected chi connectivity index (χ4v) is 3.67. The van der Waals surface area contributed by atoms with Gasteiger partial charge in [0.2, 0.25) is 0 Å². The molecule has 0 N–H and O–H groups in total. The molecule has 1 fully saturated rings. The predicted octanol–water partition coefficient (Wildman–Crippen LogP) is 2.36. The van der Waals surface area contributed by atoms with E-state index in [-0.39, 0.29) is 22.0 Å². The summed E-state index contributed by atoms with van der Waals surface area (Å²) in [5.74, 6) is -0.948. The number of hydrogen-bond acceptors (Lipinski definition) is 4. The summed E-state index contributed by atoms with van der Waals surface area (Å²) in [5.41, 5.74) is 1.04. The Morgan fingerprint density at radius 3 is 2.33 bits per heavy atom. The molecule has 2 rings (SSSR count). The molecule has 21 heavy (non-hydrogen) atoms. The van der Waals surface area contributed by atoms with Gasteiger partial charge in [0.15, 0.2) is 15.6 Å². The monoisotopic (exact) mass is 310 g/mol. The van der Waals surface area contributed by atoms with Crippen LogP contribution >= 0.6 is 0 Å². The highest BCUT2D eigenvalue weighted by Gasteiger charge is 2.28. The summed E-state index contributed by atoms with van der Waals surface area (Å²) in [5, 5.41) is 0. The SMILES string of the molecule is CC(C)(C)c1ccc(S(=O)(=O)CC(=O)C2CCOC2)cc1. The van der Waals surface area contributed by atoms with E-state index in [0.717, 1.165) is 5.56 Å². The third-order valence-electron chi connectivity index (χ3n) is 3.80. The van der Waals surface area contributed by atoms with E-state index < -0.39 is 15.6 Å². The van der Waals surface area contributed by atoms with E-state index in [4.69, 9.17) is 4.74 Å². The van der Waals surface area contributed by atoms with Gasteiger partial charge in [-0.05, 0) is 29.5 Å². The number of hydrogen-bond donors (Lipinski definition) is 0. The van der Waals surface area contributed by atoms with Gasteiger partial charge in [0.05, 0.1) is 11.5 Å². The molecule has 1 unspecified atom stereocenters. The van der Waals surface area contributed by atoms with Crippen LogP contribution in [0.25, 0.3) is 0 Å². The Kier molecular flexibility index (Phi) is 4.54. The van der Waals surface area contributed by atoms with Crippen molar-refractivity contribution in [3.05, 3.63) is 29.8 Å². The van der Waals surface area contributed by atoms with E-state index in [0.29, 0.717) is 19.6 Å². The molecule has 1 heterocycles. The maximum Gasteiger partial charge on any atom is 0.185 e. The van der Waals surface area contributed by atoms with E-state index in [2.05, 4.69) is 20.8 Å². The predicted molar refractivity (Wildman–Crippen MR) is 81.1 cm³/mol. The highest BCUT2D eigenvalue weighted by Crippen LogP contribution is 2.24. The molecular weight excluding hydrogens is 288 g/mol. The van der Waals surface area contributed by atoms with Crippen LogP contribution in [-0.4, -0.2) is 33.2 Å². The third-order valence-corrected chi connectivity index (χ3v) is 5.45. The maximum absolute atomic E-state index is 12.3. The van der Waals surface area contributed by atoms with Crippen LogP contribution in [-0.2, 0) is 24.8 Å². The van der Waals surface area contributed by atoms with Crippen molar-refractivity contribution < 1.29 is 17.9 Å². The number of benzene rings is 1. The Bertz CT molecular complexity index is 603. The molecule has 1 saturated heterocycles. The second kappa shape index (κ2) is 5.89. The van der Waals surface area contributed by atoms with Crippen molar-refractivity contribution in [3.63, 3.8) is 0 Å². The lowest BCUT2D eigenvalue weighted by Crippen LogP contribution is -2.24. The van der Waals surface area contributed by atoms with Crippen LogP contribution in [0, 0.1) is 5.92 Å². The standard InChI is InChI=1S/C16H22O4S/c1-16(2,3)13-4-6-14(7-5-13)21(18,19)11-15(17)12-8-9-20-10-12/h4-7,12H,8-11H2,1-3H3. The third kappa shape index (κ3) is 3.92. The van der Waals surface area contributed by atoms with Gasteiger partial charge in [0.25, 0.3) is 0 Å². The van der Waals surface area contributed by atoms with Gasteiger partial charge in [0.1, 0.15) is 5.75 Å². The summed E-state index contributed by atoms with van der Waals surface area (Å²) in [4.78, 5) is 12.2. The fraction of sp³-hybridized carbons (Fsp3) is 0.562. The number of sulfone groups is 1. The van der Waals surface area contributed by atoms with Crippen LogP contribution in [0.2, 0.25) is 0 Å². The van der Waals surface area contributed by atoms with Crippen LogP contribution in [0.3, 0.4) is 0 Å². The Morgan fingerprint density at radius 2 is 1.86 bits per heavy atom. The molecule has 0 bridgehead atoms. The molecule has 4 nitrogen and oxygen atoms in total. The molecule has 1 aromatic carbocycles. The average molecular weight is 310 g/mol. The minimum atomic E-state index is -3.56. The van der Waals surface area contributed by atoms with Crippen molar-refractivity contribution >= 4 is 15.6 Å². The first kappa shape index (κ1) is 16.2. The van der Waals surface area contributed by atoms with Crippen LogP contribution in [0.5, 0.6) is 0 Å².